The van der Waals surface area contributed by atoms with E-state index in [0.29, 0.717) is 10.0 Å². The number of ether oxygens (including phenoxy) is 1. The Morgan fingerprint density at radius 2 is 1.88 bits per heavy atom. The van der Waals surface area contributed by atoms with Crippen LogP contribution in [0.1, 0.15) is 63.5 Å². The van der Waals surface area contributed by atoms with Gasteiger partial charge in [-0.15, -0.1) is 0 Å². The average Bonchev–Trinajstić information content (AvgIpc) is 3.13. The second-order valence-corrected chi connectivity index (χ2v) is 7.20. The maximum Gasteiger partial charge on any atom is 0.0945 e. The van der Waals surface area contributed by atoms with Gasteiger partial charge in [-0.2, -0.15) is 0 Å². The van der Waals surface area contributed by atoms with Crippen LogP contribution in [0.25, 0.3) is 0 Å². The molecule has 0 radical (unpaired) electrons. The Morgan fingerprint density at radius 3 is 2.60 bits per heavy atom. The number of benzene rings is 1. The number of imidazole rings is 1. The zero-order chi connectivity index (χ0) is 17.9. The minimum absolute atomic E-state index is 0.0211. The lowest BCUT2D eigenvalue weighted by Gasteiger charge is -2.19. The summed E-state index contributed by atoms with van der Waals surface area (Å²) >= 11 is 12.2. The molecule has 2 rings (SSSR count). The van der Waals surface area contributed by atoms with Gasteiger partial charge in [-0.05, 0) is 30.5 Å². The third-order valence-corrected chi connectivity index (χ3v) is 5.08. The average molecular weight is 383 g/mol. The number of nitrogens with zero attached hydrogens (tertiary/aromatic N) is 2. The highest BCUT2D eigenvalue weighted by molar-refractivity contribution is 6.42. The van der Waals surface area contributed by atoms with E-state index in [1.807, 2.05) is 30.7 Å². The number of unbranched alkanes of at least 4 members (excludes halogenated alkanes) is 5. The first-order valence-corrected chi connectivity index (χ1v) is 9.98. The molecule has 25 heavy (non-hydrogen) atoms. The lowest BCUT2D eigenvalue weighted by atomic mass is 10.1. The smallest absolute Gasteiger partial charge is 0.0945 e. The van der Waals surface area contributed by atoms with Crippen LogP contribution >= 0.6 is 23.2 Å². The van der Waals surface area contributed by atoms with E-state index in [-0.39, 0.29) is 6.10 Å². The van der Waals surface area contributed by atoms with E-state index in [0.717, 1.165) is 31.6 Å². The van der Waals surface area contributed by atoms with Crippen molar-refractivity contribution in [2.24, 2.45) is 0 Å². The highest BCUT2D eigenvalue weighted by atomic mass is 35.5. The molecule has 0 aliphatic heterocycles. The number of hydrogen-bond acceptors (Lipinski definition) is 2. The summed E-state index contributed by atoms with van der Waals surface area (Å²) in [5, 5.41) is 1.16. The largest absolute Gasteiger partial charge is 0.373 e. The first-order chi connectivity index (χ1) is 12.2. The van der Waals surface area contributed by atoms with Crippen molar-refractivity contribution in [2.75, 3.05) is 6.61 Å². The minimum atomic E-state index is 0.0211. The number of rotatable bonds is 12. The second kappa shape index (κ2) is 11.6. The quantitative estimate of drug-likeness (QED) is 0.381. The van der Waals surface area contributed by atoms with Gasteiger partial charge in [-0.1, -0.05) is 68.3 Å². The first kappa shape index (κ1) is 20.3. The summed E-state index contributed by atoms with van der Waals surface area (Å²) in [5.74, 6) is 0. The van der Waals surface area contributed by atoms with E-state index in [4.69, 9.17) is 27.9 Å². The molecule has 1 unspecified atom stereocenters. The lowest BCUT2D eigenvalue weighted by Crippen LogP contribution is -2.09. The van der Waals surface area contributed by atoms with Crippen molar-refractivity contribution in [1.82, 2.24) is 9.55 Å². The van der Waals surface area contributed by atoms with Crippen LogP contribution in [0, 0.1) is 0 Å². The molecule has 0 N–H and O–H groups in total. The molecule has 138 valence electrons. The van der Waals surface area contributed by atoms with Gasteiger partial charge in [-0.25, -0.2) is 4.98 Å². The molecule has 1 aromatic carbocycles. The van der Waals surface area contributed by atoms with Crippen LogP contribution in [0.4, 0.5) is 0 Å². The van der Waals surface area contributed by atoms with Crippen LogP contribution < -0.4 is 0 Å². The van der Waals surface area contributed by atoms with Crippen LogP contribution in [-0.2, 0) is 11.3 Å². The van der Waals surface area contributed by atoms with Crippen molar-refractivity contribution in [3.63, 3.8) is 0 Å². The summed E-state index contributed by atoms with van der Waals surface area (Å²) in [6.07, 6.45) is 14.1. The number of aryl methyl sites for hydroxylation is 1. The molecule has 0 saturated heterocycles. The predicted octanol–water partition coefficient (Wildman–Crippen LogP) is 6.70. The molecule has 5 heteroatoms. The maximum absolute atomic E-state index is 6.19. The fourth-order valence-corrected chi connectivity index (χ4v) is 3.16. The van der Waals surface area contributed by atoms with Gasteiger partial charge in [0.1, 0.15) is 0 Å². The van der Waals surface area contributed by atoms with Gasteiger partial charge in [0, 0.05) is 25.5 Å². The predicted molar refractivity (Wildman–Crippen MR) is 105 cm³/mol. The Labute approximate surface area is 161 Å². The fourth-order valence-electron chi connectivity index (χ4n) is 2.85. The molecule has 0 amide bonds. The summed E-state index contributed by atoms with van der Waals surface area (Å²) in [6.45, 7) is 3.88. The van der Waals surface area contributed by atoms with E-state index in [9.17, 15) is 0 Å². The van der Waals surface area contributed by atoms with Gasteiger partial charge in [0.25, 0.3) is 0 Å². The molecular weight excluding hydrogens is 355 g/mol. The normalized spacial score (nSPS) is 12.4. The Balaban J connectivity index is 1.86. The summed E-state index contributed by atoms with van der Waals surface area (Å²) in [6, 6.07) is 5.77. The Kier molecular flexibility index (Phi) is 9.38. The van der Waals surface area contributed by atoms with Gasteiger partial charge < -0.3 is 9.30 Å². The monoisotopic (exact) mass is 382 g/mol. The van der Waals surface area contributed by atoms with E-state index >= 15 is 0 Å². The molecule has 0 spiro atoms. The van der Waals surface area contributed by atoms with Crippen molar-refractivity contribution in [1.29, 1.82) is 0 Å². The van der Waals surface area contributed by atoms with E-state index in [1.165, 1.54) is 32.1 Å². The van der Waals surface area contributed by atoms with Crippen LogP contribution in [0.15, 0.2) is 36.9 Å². The molecule has 0 fully saturated rings. The Bertz CT molecular complexity index is 602. The molecular formula is C20H28Cl2N2O. The molecule has 0 saturated carbocycles. The van der Waals surface area contributed by atoms with Crippen LogP contribution in [0.5, 0.6) is 0 Å². The van der Waals surface area contributed by atoms with E-state index in [2.05, 4.69) is 16.5 Å². The number of halogens is 2. The van der Waals surface area contributed by atoms with Crippen LogP contribution in [0.2, 0.25) is 10.0 Å². The van der Waals surface area contributed by atoms with Crippen molar-refractivity contribution in [2.45, 2.75) is 64.5 Å². The Morgan fingerprint density at radius 1 is 1.08 bits per heavy atom. The second-order valence-electron chi connectivity index (χ2n) is 6.39. The molecule has 0 aliphatic rings. The number of aromatic nitrogens is 2. The third-order valence-electron chi connectivity index (χ3n) is 4.34. The summed E-state index contributed by atoms with van der Waals surface area (Å²) in [4.78, 5) is 4.09. The number of hydrogen-bond donors (Lipinski definition) is 0. The maximum atomic E-state index is 6.19. The minimum Gasteiger partial charge on any atom is -0.373 e. The lowest BCUT2D eigenvalue weighted by molar-refractivity contribution is 0.0410. The van der Waals surface area contributed by atoms with Gasteiger partial charge >= 0.3 is 0 Å². The van der Waals surface area contributed by atoms with Crippen LogP contribution in [0.3, 0.4) is 0 Å². The Hall–Kier alpha value is -1.03. The van der Waals surface area contributed by atoms with E-state index in [1.54, 1.807) is 6.20 Å². The van der Waals surface area contributed by atoms with Crippen molar-refractivity contribution in [3.8, 4) is 0 Å². The van der Waals surface area contributed by atoms with Crippen LogP contribution in [-0.4, -0.2) is 16.2 Å². The summed E-state index contributed by atoms with van der Waals surface area (Å²) in [5.41, 5.74) is 1.08. The van der Waals surface area contributed by atoms with Gasteiger partial charge in [0.05, 0.1) is 22.5 Å². The first-order valence-electron chi connectivity index (χ1n) is 9.23. The molecule has 1 aromatic heterocycles. The molecule has 2 aromatic rings. The third kappa shape index (κ3) is 7.39. The summed E-state index contributed by atoms with van der Waals surface area (Å²) in [7, 11) is 0. The highest BCUT2D eigenvalue weighted by Crippen LogP contribution is 2.29. The zero-order valence-electron chi connectivity index (χ0n) is 15.0. The molecule has 1 atom stereocenters. The zero-order valence-corrected chi connectivity index (χ0v) is 16.5. The highest BCUT2D eigenvalue weighted by Gasteiger charge is 2.14. The molecule has 1 heterocycles. The van der Waals surface area contributed by atoms with E-state index < -0.39 is 0 Å². The van der Waals surface area contributed by atoms with Gasteiger partial charge in [0.2, 0.25) is 0 Å². The molecule has 0 aliphatic carbocycles. The topological polar surface area (TPSA) is 27.1 Å². The molecule has 3 nitrogen and oxygen atoms in total. The SMILES string of the molecule is CCCCCCCCOC(CCn1ccnc1)c1ccc(Cl)c(Cl)c1. The van der Waals surface area contributed by atoms with Crippen molar-refractivity contribution < 1.29 is 4.74 Å². The van der Waals surface area contributed by atoms with Gasteiger partial charge in [0.15, 0.2) is 0 Å². The standard InChI is InChI=1S/C20H28Cl2N2O/c1-2-3-4-5-6-7-14-25-20(10-12-24-13-11-23-16-24)17-8-9-18(21)19(22)15-17/h8-9,11,13,15-16,20H,2-7,10,12,14H2,1H3. The summed E-state index contributed by atoms with van der Waals surface area (Å²) < 4.78 is 8.26. The fraction of sp³-hybridized carbons (Fsp3) is 0.550. The molecule has 0 bridgehead atoms. The van der Waals surface area contributed by atoms with Crippen molar-refractivity contribution >= 4 is 23.2 Å². The van der Waals surface area contributed by atoms with Crippen molar-refractivity contribution in [3.05, 3.63) is 52.5 Å². The van der Waals surface area contributed by atoms with Gasteiger partial charge in [-0.3, -0.25) is 0 Å².